The molecule has 0 aliphatic carbocycles. The van der Waals surface area contributed by atoms with E-state index < -0.39 is 0 Å². The van der Waals surface area contributed by atoms with E-state index in [4.69, 9.17) is 11.6 Å². The number of nitrogens with zero attached hydrogens (tertiary/aromatic N) is 2. The van der Waals surface area contributed by atoms with Crippen LogP contribution in [-0.2, 0) is 6.54 Å². The summed E-state index contributed by atoms with van der Waals surface area (Å²) in [5.41, 5.74) is 2.66. The van der Waals surface area contributed by atoms with Crippen LogP contribution in [0.4, 0.5) is 0 Å². The summed E-state index contributed by atoms with van der Waals surface area (Å²) >= 11 is 6.16. The Morgan fingerprint density at radius 1 is 1.40 bits per heavy atom. The fraction of sp³-hybridized carbons (Fsp3) is 0.438. The van der Waals surface area contributed by atoms with Gasteiger partial charge in [0.15, 0.2) is 0 Å². The summed E-state index contributed by atoms with van der Waals surface area (Å²) in [5.74, 6) is 0.974. The average Bonchev–Trinajstić information content (AvgIpc) is 2.95. The maximum atomic E-state index is 6.16. The molecular formula is C16H20ClN3. The molecule has 4 heteroatoms. The minimum absolute atomic E-state index is 0.462. The van der Waals surface area contributed by atoms with Gasteiger partial charge in [-0.1, -0.05) is 23.7 Å². The molecule has 0 spiro atoms. The second-order valence-electron chi connectivity index (χ2n) is 5.37. The van der Waals surface area contributed by atoms with Crippen LogP contribution in [-0.4, -0.2) is 22.6 Å². The lowest BCUT2D eigenvalue weighted by Gasteiger charge is -2.33. The zero-order valence-electron chi connectivity index (χ0n) is 11.7. The Bertz CT molecular complexity index is 579. The van der Waals surface area contributed by atoms with E-state index in [1.165, 1.54) is 11.3 Å². The predicted octanol–water partition coefficient (Wildman–Crippen LogP) is 3.42. The molecular weight excluding hydrogens is 270 g/mol. The van der Waals surface area contributed by atoms with Crippen LogP contribution < -0.4 is 5.32 Å². The van der Waals surface area contributed by atoms with Crippen LogP contribution >= 0.6 is 11.6 Å². The first-order valence-corrected chi connectivity index (χ1v) is 7.63. The number of hydrogen-bond acceptors (Lipinski definition) is 2. The first-order chi connectivity index (χ1) is 9.79. The zero-order chi connectivity index (χ0) is 13.9. The molecule has 1 aromatic heterocycles. The van der Waals surface area contributed by atoms with Crippen LogP contribution in [0.5, 0.6) is 0 Å². The zero-order valence-corrected chi connectivity index (χ0v) is 12.5. The van der Waals surface area contributed by atoms with Gasteiger partial charge in [0.2, 0.25) is 0 Å². The number of imidazole rings is 1. The van der Waals surface area contributed by atoms with Crippen molar-refractivity contribution >= 4 is 11.6 Å². The first-order valence-electron chi connectivity index (χ1n) is 7.25. The highest BCUT2D eigenvalue weighted by Crippen LogP contribution is 2.37. The summed E-state index contributed by atoms with van der Waals surface area (Å²) in [7, 11) is 0. The van der Waals surface area contributed by atoms with Crippen LogP contribution in [0, 0.1) is 0 Å². The van der Waals surface area contributed by atoms with E-state index in [-0.39, 0.29) is 0 Å². The average molecular weight is 290 g/mol. The number of nitrogens with one attached hydrogen (secondary N) is 1. The predicted molar refractivity (Wildman–Crippen MR) is 82.3 cm³/mol. The van der Waals surface area contributed by atoms with Crippen molar-refractivity contribution < 1.29 is 0 Å². The first kappa shape index (κ1) is 13.7. The van der Waals surface area contributed by atoms with Crippen molar-refractivity contribution in [3.05, 3.63) is 53.1 Å². The fourth-order valence-corrected chi connectivity index (χ4v) is 3.40. The minimum atomic E-state index is 0.462. The summed E-state index contributed by atoms with van der Waals surface area (Å²) in [4.78, 5) is 4.33. The molecule has 1 aromatic carbocycles. The van der Waals surface area contributed by atoms with Gasteiger partial charge in [-0.05, 0) is 37.6 Å². The molecule has 2 atom stereocenters. The number of hydrogen-bond donors (Lipinski definition) is 1. The Hall–Kier alpha value is -1.32. The highest BCUT2D eigenvalue weighted by molar-refractivity contribution is 6.30. The van der Waals surface area contributed by atoms with E-state index in [2.05, 4.69) is 33.9 Å². The molecule has 0 saturated carbocycles. The molecule has 3 nitrogen and oxygen atoms in total. The second kappa shape index (κ2) is 5.98. The fourth-order valence-electron chi connectivity index (χ4n) is 3.20. The van der Waals surface area contributed by atoms with Crippen molar-refractivity contribution in [1.29, 1.82) is 0 Å². The van der Waals surface area contributed by atoms with Crippen LogP contribution in [0.25, 0.3) is 0 Å². The number of halogens is 1. The highest BCUT2D eigenvalue weighted by Gasteiger charge is 2.29. The van der Waals surface area contributed by atoms with Gasteiger partial charge in [-0.2, -0.15) is 0 Å². The van der Waals surface area contributed by atoms with Crippen LogP contribution in [0.3, 0.4) is 0 Å². The van der Waals surface area contributed by atoms with Gasteiger partial charge in [0, 0.05) is 41.8 Å². The third kappa shape index (κ3) is 2.60. The number of aryl methyl sites for hydroxylation is 1. The van der Waals surface area contributed by atoms with Gasteiger partial charge in [0.25, 0.3) is 0 Å². The van der Waals surface area contributed by atoms with Gasteiger partial charge in [-0.25, -0.2) is 4.98 Å². The molecule has 0 amide bonds. The largest absolute Gasteiger partial charge is 0.335 e. The lowest BCUT2D eigenvalue weighted by molar-refractivity contribution is 0.388. The Morgan fingerprint density at radius 3 is 3.10 bits per heavy atom. The highest BCUT2D eigenvalue weighted by atomic mass is 35.5. The molecule has 0 bridgehead atoms. The van der Waals surface area contributed by atoms with Gasteiger partial charge >= 0.3 is 0 Å². The van der Waals surface area contributed by atoms with Gasteiger partial charge in [-0.15, -0.1) is 0 Å². The van der Waals surface area contributed by atoms with Crippen molar-refractivity contribution in [3.8, 4) is 0 Å². The minimum Gasteiger partial charge on any atom is -0.335 e. The number of benzene rings is 1. The summed E-state index contributed by atoms with van der Waals surface area (Å²) in [6.45, 7) is 5.21. The molecule has 1 saturated heterocycles. The second-order valence-corrected chi connectivity index (χ2v) is 5.80. The summed E-state index contributed by atoms with van der Waals surface area (Å²) in [6, 6.07) is 8.26. The third-order valence-electron chi connectivity index (χ3n) is 4.22. The van der Waals surface area contributed by atoms with Crippen molar-refractivity contribution in [3.63, 3.8) is 0 Å². The molecule has 3 rings (SSSR count). The molecule has 2 unspecified atom stereocenters. The monoisotopic (exact) mass is 289 g/mol. The van der Waals surface area contributed by atoms with Crippen molar-refractivity contribution in [2.24, 2.45) is 0 Å². The van der Waals surface area contributed by atoms with E-state index in [9.17, 15) is 0 Å². The van der Waals surface area contributed by atoms with Crippen molar-refractivity contribution in [2.75, 3.05) is 13.1 Å². The normalized spacial score (nSPS) is 22.9. The van der Waals surface area contributed by atoms with Crippen LogP contribution in [0.1, 0.15) is 36.4 Å². The Kier molecular flexibility index (Phi) is 4.08. The van der Waals surface area contributed by atoms with Gasteiger partial charge in [0.1, 0.15) is 0 Å². The quantitative estimate of drug-likeness (QED) is 0.938. The van der Waals surface area contributed by atoms with E-state index in [0.29, 0.717) is 11.8 Å². The van der Waals surface area contributed by atoms with E-state index in [1.807, 2.05) is 24.7 Å². The van der Waals surface area contributed by atoms with Crippen molar-refractivity contribution in [1.82, 2.24) is 14.9 Å². The van der Waals surface area contributed by atoms with Crippen LogP contribution in [0.2, 0.25) is 5.02 Å². The van der Waals surface area contributed by atoms with E-state index >= 15 is 0 Å². The summed E-state index contributed by atoms with van der Waals surface area (Å²) in [6.07, 6.45) is 5.10. The molecule has 2 heterocycles. The molecule has 2 aromatic rings. The molecule has 1 N–H and O–H groups in total. The molecule has 1 aliphatic rings. The summed E-state index contributed by atoms with van der Waals surface area (Å²) in [5, 5.41) is 4.33. The third-order valence-corrected chi connectivity index (χ3v) is 4.46. The van der Waals surface area contributed by atoms with Gasteiger partial charge in [-0.3, -0.25) is 0 Å². The smallest absolute Gasteiger partial charge is 0.0948 e. The molecule has 1 fully saturated rings. The van der Waals surface area contributed by atoms with Gasteiger partial charge in [0.05, 0.1) is 6.33 Å². The Morgan fingerprint density at radius 2 is 2.30 bits per heavy atom. The van der Waals surface area contributed by atoms with Crippen molar-refractivity contribution in [2.45, 2.75) is 31.7 Å². The van der Waals surface area contributed by atoms with E-state index in [0.717, 1.165) is 31.1 Å². The number of rotatable bonds is 3. The summed E-state index contributed by atoms with van der Waals surface area (Å²) < 4.78 is 2.26. The molecule has 1 aliphatic heterocycles. The maximum absolute atomic E-state index is 6.16. The van der Waals surface area contributed by atoms with Gasteiger partial charge < -0.3 is 9.88 Å². The molecule has 20 heavy (non-hydrogen) atoms. The topological polar surface area (TPSA) is 29.9 Å². The van der Waals surface area contributed by atoms with E-state index in [1.54, 1.807) is 0 Å². The lowest BCUT2D eigenvalue weighted by Crippen LogP contribution is -2.34. The molecule has 0 radical (unpaired) electrons. The number of aromatic nitrogens is 2. The Balaban J connectivity index is 1.95. The lowest BCUT2D eigenvalue weighted by atomic mass is 9.79. The Labute approximate surface area is 125 Å². The van der Waals surface area contributed by atoms with Crippen LogP contribution in [0.15, 0.2) is 36.8 Å². The SMILES string of the molecule is CCn1cncc1C1CCNCC1c1cccc(Cl)c1. The standard InChI is InChI=1S/C16H20ClN3/c1-2-20-11-19-10-16(20)14-6-7-18-9-15(14)12-4-3-5-13(17)8-12/h3-5,8,10-11,14-15,18H,2,6-7,9H2,1H3. The number of piperidine rings is 1. The molecule has 106 valence electrons. The maximum Gasteiger partial charge on any atom is 0.0948 e.